The molecule has 19 heavy (non-hydrogen) atoms. The molecule has 0 spiro atoms. The summed E-state index contributed by atoms with van der Waals surface area (Å²) in [6.45, 7) is 0.741. The van der Waals surface area contributed by atoms with Crippen LogP contribution in [0.4, 0.5) is 4.39 Å². The first-order chi connectivity index (χ1) is 9.19. The minimum Gasteiger partial charge on any atom is -0.497 e. The summed E-state index contributed by atoms with van der Waals surface area (Å²) in [7, 11) is 1.56. The van der Waals surface area contributed by atoms with Crippen LogP contribution in [0.2, 0.25) is 0 Å². The molecule has 0 radical (unpaired) electrons. The molecule has 2 N–H and O–H groups in total. The SMILES string of the molecule is COc1ccc(CCC2(CCN)CCCC2)c(F)c1. The van der Waals surface area contributed by atoms with E-state index in [1.54, 1.807) is 7.11 Å². The highest BCUT2D eigenvalue weighted by molar-refractivity contribution is 5.29. The average Bonchev–Trinajstić information content (AvgIpc) is 2.87. The second-order valence-corrected chi connectivity index (χ2v) is 5.70. The molecule has 0 unspecified atom stereocenters. The van der Waals surface area contributed by atoms with E-state index in [1.807, 2.05) is 12.1 Å². The second-order valence-electron chi connectivity index (χ2n) is 5.70. The predicted octanol–water partition coefficient (Wildman–Crippen LogP) is 3.68. The summed E-state index contributed by atoms with van der Waals surface area (Å²) in [6, 6.07) is 5.15. The van der Waals surface area contributed by atoms with Gasteiger partial charge in [-0.15, -0.1) is 0 Å². The van der Waals surface area contributed by atoms with Crippen LogP contribution in [0.15, 0.2) is 18.2 Å². The third kappa shape index (κ3) is 3.47. The minimum atomic E-state index is -0.153. The second kappa shape index (κ2) is 6.38. The van der Waals surface area contributed by atoms with Gasteiger partial charge in [-0.2, -0.15) is 0 Å². The number of nitrogens with two attached hydrogens (primary N) is 1. The predicted molar refractivity (Wildman–Crippen MR) is 75.8 cm³/mol. The first kappa shape index (κ1) is 14.3. The normalized spacial score (nSPS) is 17.6. The summed E-state index contributed by atoms with van der Waals surface area (Å²) in [5.74, 6) is 0.430. The highest BCUT2D eigenvalue weighted by Crippen LogP contribution is 2.44. The summed E-state index contributed by atoms with van der Waals surface area (Å²) in [4.78, 5) is 0. The van der Waals surface area contributed by atoms with Crippen molar-refractivity contribution in [2.24, 2.45) is 11.1 Å². The van der Waals surface area contributed by atoms with E-state index in [0.29, 0.717) is 11.2 Å². The summed E-state index contributed by atoms with van der Waals surface area (Å²) >= 11 is 0. The lowest BCUT2D eigenvalue weighted by molar-refractivity contribution is 0.252. The number of ether oxygens (including phenoxy) is 1. The molecule has 0 aliphatic heterocycles. The Kier molecular flexibility index (Phi) is 4.81. The topological polar surface area (TPSA) is 35.2 Å². The maximum atomic E-state index is 13.9. The van der Waals surface area contributed by atoms with Crippen molar-refractivity contribution >= 4 is 0 Å². The van der Waals surface area contributed by atoms with Crippen molar-refractivity contribution in [1.29, 1.82) is 0 Å². The van der Waals surface area contributed by atoms with Gasteiger partial charge in [0.15, 0.2) is 0 Å². The number of methoxy groups -OCH3 is 1. The van der Waals surface area contributed by atoms with E-state index < -0.39 is 0 Å². The van der Waals surface area contributed by atoms with Crippen molar-refractivity contribution in [3.8, 4) is 5.75 Å². The van der Waals surface area contributed by atoms with Crippen LogP contribution in [0, 0.1) is 11.2 Å². The maximum absolute atomic E-state index is 13.9. The quantitative estimate of drug-likeness (QED) is 0.851. The van der Waals surface area contributed by atoms with Crippen LogP contribution >= 0.6 is 0 Å². The monoisotopic (exact) mass is 265 g/mol. The van der Waals surface area contributed by atoms with Gasteiger partial charge in [0.25, 0.3) is 0 Å². The zero-order valence-electron chi connectivity index (χ0n) is 11.8. The van der Waals surface area contributed by atoms with E-state index in [-0.39, 0.29) is 5.82 Å². The van der Waals surface area contributed by atoms with E-state index in [9.17, 15) is 4.39 Å². The minimum absolute atomic E-state index is 0.153. The number of hydrogen-bond acceptors (Lipinski definition) is 2. The Morgan fingerprint density at radius 2 is 2.00 bits per heavy atom. The molecule has 0 saturated heterocycles. The highest BCUT2D eigenvalue weighted by atomic mass is 19.1. The van der Waals surface area contributed by atoms with Crippen LogP contribution < -0.4 is 10.5 Å². The van der Waals surface area contributed by atoms with Gasteiger partial charge in [0.2, 0.25) is 0 Å². The first-order valence-electron chi connectivity index (χ1n) is 7.22. The molecule has 0 heterocycles. The van der Waals surface area contributed by atoms with Crippen molar-refractivity contribution in [3.05, 3.63) is 29.6 Å². The van der Waals surface area contributed by atoms with Crippen LogP contribution in [-0.4, -0.2) is 13.7 Å². The van der Waals surface area contributed by atoms with Gasteiger partial charge in [-0.25, -0.2) is 4.39 Å². The van der Waals surface area contributed by atoms with Gasteiger partial charge in [0.1, 0.15) is 11.6 Å². The van der Waals surface area contributed by atoms with E-state index in [1.165, 1.54) is 31.7 Å². The van der Waals surface area contributed by atoms with Gasteiger partial charge >= 0.3 is 0 Å². The van der Waals surface area contributed by atoms with Crippen LogP contribution in [0.3, 0.4) is 0 Å². The Bertz CT molecular complexity index is 413. The van der Waals surface area contributed by atoms with E-state index in [4.69, 9.17) is 10.5 Å². The molecule has 1 aliphatic carbocycles. The molecule has 1 aliphatic rings. The Hall–Kier alpha value is -1.09. The lowest BCUT2D eigenvalue weighted by Crippen LogP contribution is -2.22. The molecule has 1 fully saturated rings. The molecule has 0 bridgehead atoms. The Balaban J connectivity index is 2.01. The summed E-state index contributed by atoms with van der Waals surface area (Å²) in [6.07, 6.45) is 8.02. The number of hydrogen-bond donors (Lipinski definition) is 1. The van der Waals surface area contributed by atoms with Crippen molar-refractivity contribution < 1.29 is 9.13 Å². The zero-order chi connectivity index (χ0) is 13.7. The molecular weight excluding hydrogens is 241 g/mol. The average molecular weight is 265 g/mol. The Labute approximate surface area is 115 Å². The van der Waals surface area contributed by atoms with Gasteiger partial charge in [-0.05, 0) is 55.7 Å². The Morgan fingerprint density at radius 1 is 1.26 bits per heavy atom. The largest absolute Gasteiger partial charge is 0.497 e. The third-order valence-electron chi connectivity index (χ3n) is 4.52. The highest BCUT2D eigenvalue weighted by Gasteiger charge is 2.32. The van der Waals surface area contributed by atoms with Crippen LogP contribution in [0.5, 0.6) is 5.75 Å². The van der Waals surface area contributed by atoms with Crippen molar-refractivity contribution in [2.75, 3.05) is 13.7 Å². The maximum Gasteiger partial charge on any atom is 0.130 e. The van der Waals surface area contributed by atoms with Crippen LogP contribution in [-0.2, 0) is 6.42 Å². The van der Waals surface area contributed by atoms with Crippen molar-refractivity contribution in [1.82, 2.24) is 0 Å². The fourth-order valence-corrected chi connectivity index (χ4v) is 3.31. The van der Waals surface area contributed by atoms with Crippen LogP contribution in [0.25, 0.3) is 0 Å². The molecule has 1 aromatic carbocycles. The third-order valence-corrected chi connectivity index (χ3v) is 4.52. The molecule has 2 nitrogen and oxygen atoms in total. The van der Waals surface area contributed by atoms with E-state index >= 15 is 0 Å². The lowest BCUT2D eigenvalue weighted by atomic mass is 9.77. The molecule has 1 saturated carbocycles. The number of rotatable bonds is 6. The molecular formula is C16H24FNO. The van der Waals surface area contributed by atoms with Crippen LogP contribution in [0.1, 0.15) is 44.1 Å². The number of halogens is 1. The molecule has 0 atom stereocenters. The van der Waals surface area contributed by atoms with Crippen molar-refractivity contribution in [3.63, 3.8) is 0 Å². The summed E-state index contributed by atoms with van der Waals surface area (Å²) in [5.41, 5.74) is 6.90. The molecule has 3 heteroatoms. The van der Waals surface area contributed by atoms with E-state index in [0.717, 1.165) is 31.4 Å². The Morgan fingerprint density at radius 3 is 2.58 bits per heavy atom. The smallest absolute Gasteiger partial charge is 0.130 e. The fraction of sp³-hybridized carbons (Fsp3) is 0.625. The number of benzene rings is 1. The van der Waals surface area contributed by atoms with E-state index in [2.05, 4.69) is 0 Å². The first-order valence-corrected chi connectivity index (χ1v) is 7.22. The van der Waals surface area contributed by atoms with Gasteiger partial charge in [-0.1, -0.05) is 18.9 Å². The molecule has 0 amide bonds. The fourth-order valence-electron chi connectivity index (χ4n) is 3.31. The summed E-state index contributed by atoms with van der Waals surface area (Å²) in [5, 5.41) is 0. The van der Waals surface area contributed by atoms with Crippen molar-refractivity contribution in [2.45, 2.75) is 44.9 Å². The molecule has 0 aromatic heterocycles. The molecule has 2 rings (SSSR count). The zero-order valence-corrected chi connectivity index (χ0v) is 11.8. The van der Waals surface area contributed by atoms with Gasteiger partial charge in [0, 0.05) is 6.07 Å². The molecule has 1 aromatic rings. The molecule has 106 valence electrons. The van der Waals surface area contributed by atoms with Gasteiger partial charge in [-0.3, -0.25) is 0 Å². The number of aryl methyl sites for hydroxylation is 1. The van der Waals surface area contributed by atoms with Gasteiger partial charge in [0.05, 0.1) is 7.11 Å². The summed E-state index contributed by atoms with van der Waals surface area (Å²) < 4.78 is 18.9. The van der Waals surface area contributed by atoms with Gasteiger partial charge < -0.3 is 10.5 Å². The lowest BCUT2D eigenvalue weighted by Gasteiger charge is -2.28. The standard InChI is InChI=1S/C16H24FNO/c1-19-14-5-4-13(15(17)12-14)6-9-16(10-11-18)7-2-3-8-16/h4-5,12H,2-3,6-11,18H2,1H3.